The van der Waals surface area contributed by atoms with Crippen LogP contribution in [0.3, 0.4) is 0 Å². The van der Waals surface area contributed by atoms with Gasteiger partial charge >= 0.3 is 12.2 Å². The second-order valence-electron chi connectivity index (χ2n) is 9.71. The van der Waals surface area contributed by atoms with E-state index in [1.54, 1.807) is 29.2 Å². The number of nitrogens with one attached hydrogen (secondary N) is 3. The summed E-state index contributed by atoms with van der Waals surface area (Å²) in [4.78, 5) is 16.9. The van der Waals surface area contributed by atoms with Crippen LogP contribution in [0.5, 0.6) is 0 Å². The largest absolute Gasteiger partial charge is 0.416 e. The number of anilines is 2. The maximum atomic E-state index is 13.8. The van der Waals surface area contributed by atoms with Crippen molar-refractivity contribution in [2.45, 2.75) is 32.4 Å². The second-order valence-corrected chi connectivity index (χ2v) is 9.71. The van der Waals surface area contributed by atoms with E-state index in [4.69, 9.17) is 0 Å². The monoisotopic (exact) mass is 522 g/mol. The number of pyridine rings is 1. The molecule has 0 bridgehead atoms. The van der Waals surface area contributed by atoms with Gasteiger partial charge in [-0.2, -0.15) is 18.3 Å². The van der Waals surface area contributed by atoms with E-state index in [2.05, 4.69) is 26.0 Å². The molecule has 0 unspecified atom stereocenters. The van der Waals surface area contributed by atoms with E-state index in [0.29, 0.717) is 12.1 Å². The molecule has 198 valence electrons. The number of piperidine rings is 1. The normalized spacial score (nSPS) is 14.6. The molecule has 0 atom stereocenters. The molecule has 3 heterocycles. The van der Waals surface area contributed by atoms with Gasteiger partial charge in [-0.25, -0.2) is 4.79 Å². The van der Waals surface area contributed by atoms with E-state index in [9.17, 15) is 18.0 Å². The Bertz CT molecular complexity index is 1460. The SMILES string of the molecule is Cc1nn(C)c2cncc(-c3ccc(NC(=O)Nc4ccc(CC5CCNCC5)c(C(F)(F)F)c4)cc3)c12. The van der Waals surface area contributed by atoms with E-state index >= 15 is 0 Å². The summed E-state index contributed by atoms with van der Waals surface area (Å²) in [5, 5.41) is 13.9. The molecular formula is C28H29F3N6O. The van der Waals surface area contributed by atoms with E-state index < -0.39 is 17.8 Å². The summed E-state index contributed by atoms with van der Waals surface area (Å²) in [6, 6.07) is 10.6. The molecule has 0 spiro atoms. The minimum atomic E-state index is -4.50. The maximum Gasteiger partial charge on any atom is 0.416 e. The van der Waals surface area contributed by atoms with Crippen LogP contribution in [-0.2, 0) is 19.6 Å². The standard InChI is InChI=1S/C28H29F3N6O/c1-17-26-23(15-33-16-25(26)37(2)36-17)19-3-6-21(7-4-19)34-27(38)35-22-8-5-20(24(14-22)28(29,30)31)13-18-9-11-32-12-10-18/h3-8,14-16,18,32H,9-13H2,1-2H3,(H2,34,35,38). The Kier molecular flexibility index (Phi) is 7.07. The van der Waals surface area contributed by atoms with Gasteiger partial charge in [0.05, 0.1) is 23.0 Å². The Labute approximate surface area is 218 Å². The van der Waals surface area contributed by atoms with Crippen molar-refractivity contribution in [3.8, 4) is 11.1 Å². The van der Waals surface area contributed by atoms with Crippen LogP contribution in [0.2, 0.25) is 0 Å². The van der Waals surface area contributed by atoms with Crippen LogP contribution in [0.15, 0.2) is 54.9 Å². The fraction of sp³-hybridized carbons (Fsp3) is 0.321. The van der Waals surface area contributed by atoms with Gasteiger partial charge in [0.25, 0.3) is 0 Å². The zero-order valence-corrected chi connectivity index (χ0v) is 21.2. The number of benzene rings is 2. The van der Waals surface area contributed by atoms with Gasteiger partial charge < -0.3 is 16.0 Å². The van der Waals surface area contributed by atoms with Crippen LogP contribution < -0.4 is 16.0 Å². The minimum Gasteiger partial charge on any atom is -0.317 e. The number of aromatic nitrogens is 3. The average Bonchev–Trinajstić information content (AvgIpc) is 3.19. The quantitative estimate of drug-likeness (QED) is 0.294. The van der Waals surface area contributed by atoms with Gasteiger partial charge in [-0.3, -0.25) is 9.67 Å². The molecule has 2 aromatic carbocycles. The summed E-state index contributed by atoms with van der Waals surface area (Å²) in [6.45, 7) is 3.58. The van der Waals surface area contributed by atoms with Gasteiger partial charge in [0.15, 0.2) is 0 Å². The summed E-state index contributed by atoms with van der Waals surface area (Å²) >= 11 is 0. The number of amides is 2. The molecule has 3 N–H and O–H groups in total. The average molecular weight is 523 g/mol. The Morgan fingerprint density at radius 2 is 1.74 bits per heavy atom. The van der Waals surface area contributed by atoms with Crippen molar-refractivity contribution in [1.29, 1.82) is 0 Å². The van der Waals surface area contributed by atoms with Gasteiger partial charge in [-0.15, -0.1) is 0 Å². The van der Waals surface area contributed by atoms with Gasteiger partial charge in [-0.1, -0.05) is 18.2 Å². The lowest BCUT2D eigenvalue weighted by molar-refractivity contribution is -0.138. The molecule has 4 aromatic rings. The van der Waals surface area contributed by atoms with Crippen molar-refractivity contribution >= 4 is 28.3 Å². The number of aryl methyl sites for hydroxylation is 2. The summed E-state index contributed by atoms with van der Waals surface area (Å²) in [7, 11) is 1.87. The molecule has 0 aliphatic carbocycles. The third-order valence-corrected chi connectivity index (χ3v) is 7.03. The number of alkyl halides is 3. The lowest BCUT2D eigenvalue weighted by Gasteiger charge is -2.24. The molecule has 1 aliphatic heterocycles. The van der Waals surface area contributed by atoms with Crippen molar-refractivity contribution in [2.24, 2.45) is 13.0 Å². The Balaban J connectivity index is 1.29. The fourth-order valence-corrected chi connectivity index (χ4v) is 5.14. The third-order valence-electron chi connectivity index (χ3n) is 7.03. The lowest BCUT2D eigenvalue weighted by atomic mass is 9.89. The highest BCUT2D eigenvalue weighted by atomic mass is 19.4. The molecule has 0 radical (unpaired) electrons. The third kappa shape index (κ3) is 5.50. The number of halogens is 3. The van der Waals surface area contributed by atoms with Crippen LogP contribution in [0.25, 0.3) is 22.0 Å². The smallest absolute Gasteiger partial charge is 0.317 e. The number of hydrogen-bond acceptors (Lipinski definition) is 4. The highest BCUT2D eigenvalue weighted by Gasteiger charge is 2.34. The van der Waals surface area contributed by atoms with E-state index in [1.165, 1.54) is 12.1 Å². The first-order chi connectivity index (χ1) is 18.2. The van der Waals surface area contributed by atoms with Crippen LogP contribution in [0.4, 0.5) is 29.3 Å². The van der Waals surface area contributed by atoms with Crippen molar-refractivity contribution in [2.75, 3.05) is 23.7 Å². The number of carbonyl (C=O) groups excluding carboxylic acids is 1. The molecule has 0 saturated carbocycles. The van der Waals surface area contributed by atoms with Crippen molar-refractivity contribution in [1.82, 2.24) is 20.1 Å². The lowest BCUT2D eigenvalue weighted by Crippen LogP contribution is -2.29. The Hall–Kier alpha value is -3.92. The molecule has 38 heavy (non-hydrogen) atoms. The summed E-state index contributed by atoms with van der Waals surface area (Å²) < 4.78 is 43.2. The molecule has 1 aliphatic rings. The summed E-state index contributed by atoms with van der Waals surface area (Å²) in [5.41, 5.74) is 3.80. The Morgan fingerprint density at radius 3 is 2.45 bits per heavy atom. The summed E-state index contributed by atoms with van der Waals surface area (Å²) in [5.74, 6) is 0.215. The van der Waals surface area contributed by atoms with E-state index in [1.807, 2.05) is 26.1 Å². The Morgan fingerprint density at radius 1 is 1.05 bits per heavy atom. The minimum absolute atomic E-state index is 0.0883. The topological polar surface area (TPSA) is 83.9 Å². The van der Waals surface area contributed by atoms with Gasteiger partial charge in [0, 0.05) is 35.6 Å². The number of nitrogens with zero attached hydrogens (tertiary/aromatic N) is 3. The molecular weight excluding hydrogens is 493 g/mol. The van der Waals surface area contributed by atoms with Crippen LogP contribution >= 0.6 is 0 Å². The van der Waals surface area contributed by atoms with Gasteiger partial charge in [-0.05, 0) is 80.6 Å². The van der Waals surface area contributed by atoms with Crippen LogP contribution in [-0.4, -0.2) is 33.9 Å². The van der Waals surface area contributed by atoms with E-state index in [0.717, 1.165) is 59.7 Å². The first-order valence-corrected chi connectivity index (χ1v) is 12.6. The zero-order chi connectivity index (χ0) is 26.9. The zero-order valence-electron chi connectivity index (χ0n) is 21.2. The molecule has 10 heteroatoms. The van der Waals surface area contributed by atoms with Crippen LogP contribution in [0, 0.1) is 12.8 Å². The highest BCUT2D eigenvalue weighted by molar-refractivity contribution is 6.00. The first kappa shape index (κ1) is 25.7. The predicted molar refractivity (Wildman–Crippen MR) is 142 cm³/mol. The van der Waals surface area contributed by atoms with Gasteiger partial charge in [0.1, 0.15) is 0 Å². The molecule has 1 fully saturated rings. The number of urea groups is 1. The number of hydrogen-bond donors (Lipinski definition) is 3. The molecule has 5 rings (SSSR count). The summed E-state index contributed by atoms with van der Waals surface area (Å²) in [6.07, 6.45) is 1.12. The second kappa shape index (κ2) is 10.4. The van der Waals surface area contributed by atoms with Crippen molar-refractivity contribution in [3.05, 3.63) is 71.7 Å². The molecule has 2 aromatic heterocycles. The maximum absolute atomic E-state index is 13.8. The van der Waals surface area contributed by atoms with Crippen LogP contribution in [0.1, 0.15) is 29.7 Å². The number of fused-ring (bicyclic) bond motifs is 1. The molecule has 1 saturated heterocycles. The number of rotatable bonds is 5. The fourth-order valence-electron chi connectivity index (χ4n) is 5.14. The molecule has 7 nitrogen and oxygen atoms in total. The molecule has 2 amide bonds. The van der Waals surface area contributed by atoms with Crippen molar-refractivity contribution < 1.29 is 18.0 Å². The van der Waals surface area contributed by atoms with Crippen molar-refractivity contribution in [3.63, 3.8) is 0 Å². The predicted octanol–water partition coefficient (Wildman–Crippen LogP) is 6.15. The van der Waals surface area contributed by atoms with Gasteiger partial charge in [0.2, 0.25) is 0 Å². The number of carbonyl (C=O) groups is 1. The first-order valence-electron chi connectivity index (χ1n) is 12.6. The van der Waals surface area contributed by atoms with E-state index in [-0.39, 0.29) is 17.2 Å². The highest BCUT2D eigenvalue weighted by Crippen LogP contribution is 2.36.